The number of nitrogens with one attached hydrogen (secondary N) is 1. The van der Waals surface area contributed by atoms with Gasteiger partial charge in [-0.25, -0.2) is 9.97 Å². The zero-order valence-corrected chi connectivity index (χ0v) is 14.2. The molecule has 1 N–H and O–H groups in total. The van der Waals surface area contributed by atoms with Crippen LogP contribution in [0.5, 0.6) is 0 Å². The highest BCUT2D eigenvalue weighted by molar-refractivity contribution is 7.14. The quantitative estimate of drug-likeness (QED) is 0.931. The molecule has 1 aliphatic heterocycles. The van der Waals surface area contributed by atoms with Crippen LogP contribution >= 0.6 is 11.3 Å². The summed E-state index contributed by atoms with van der Waals surface area (Å²) in [6.07, 6.45) is 5.45. The fourth-order valence-corrected chi connectivity index (χ4v) is 3.80. The van der Waals surface area contributed by atoms with Crippen LogP contribution in [0.3, 0.4) is 0 Å². The van der Waals surface area contributed by atoms with Gasteiger partial charge in [0.05, 0.1) is 0 Å². The summed E-state index contributed by atoms with van der Waals surface area (Å²) in [5.41, 5.74) is 1.03. The second-order valence-electron chi connectivity index (χ2n) is 6.31. The van der Waals surface area contributed by atoms with Crippen LogP contribution in [0, 0.1) is 12.8 Å². The topological polar surface area (TPSA) is 75.2 Å². The van der Waals surface area contributed by atoms with Gasteiger partial charge in [-0.15, -0.1) is 11.3 Å². The molecule has 2 aromatic rings. The lowest BCUT2D eigenvalue weighted by Gasteiger charge is -2.25. The molecule has 0 saturated heterocycles. The lowest BCUT2D eigenvalue weighted by molar-refractivity contribution is -0.119. The molecule has 2 amide bonds. The lowest BCUT2D eigenvalue weighted by atomic mass is 10.1. The zero-order chi connectivity index (χ0) is 16.7. The average molecular weight is 342 g/mol. The van der Waals surface area contributed by atoms with Crippen molar-refractivity contribution in [2.45, 2.75) is 32.6 Å². The highest BCUT2D eigenvalue weighted by atomic mass is 32.1. The van der Waals surface area contributed by atoms with Crippen LogP contribution in [0.25, 0.3) is 0 Å². The van der Waals surface area contributed by atoms with Gasteiger partial charge in [-0.05, 0) is 44.2 Å². The van der Waals surface area contributed by atoms with Gasteiger partial charge in [0, 0.05) is 23.5 Å². The Morgan fingerprint density at radius 1 is 1.33 bits per heavy atom. The summed E-state index contributed by atoms with van der Waals surface area (Å²) in [5.74, 6) is 1.24. The van der Waals surface area contributed by atoms with Gasteiger partial charge in [-0.2, -0.15) is 0 Å². The maximum absolute atomic E-state index is 12.4. The van der Waals surface area contributed by atoms with E-state index >= 15 is 0 Å². The highest BCUT2D eigenvalue weighted by Crippen LogP contribution is 2.37. The molecule has 0 spiro atoms. The zero-order valence-electron chi connectivity index (χ0n) is 13.4. The number of pyridine rings is 1. The number of aromatic nitrogens is 2. The summed E-state index contributed by atoms with van der Waals surface area (Å²) >= 11 is 1.37. The predicted octanol–water partition coefficient (Wildman–Crippen LogP) is 2.79. The minimum atomic E-state index is -0.274. The Balaban J connectivity index is 1.55. The molecule has 7 heteroatoms. The van der Waals surface area contributed by atoms with E-state index in [2.05, 4.69) is 15.3 Å². The minimum Gasteiger partial charge on any atom is -0.304 e. The Labute approximate surface area is 143 Å². The molecular formula is C17H18N4O2S. The van der Waals surface area contributed by atoms with E-state index in [1.54, 1.807) is 17.2 Å². The SMILES string of the molecule is Cc1ccc(NC(=O)c2nc3c(s2)CCCN3C(=O)C2CC2)nc1. The third kappa shape index (κ3) is 2.91. The summed E-state index contributed by atoms with van der Waals surface area (Å²) in [7, 11) is 0. The smallest absolute Gasteiger partial charge is 0.285 e. The molecule has 0 atom stereocenters. The molecule has 6 nitrogen and oxygen atoms in total. The Morgan fingerprint density at radius 2 is 2.17 bits per heavy atom. The summed E-state index contributed by atoms with van der Waals surface area (Å²) in [5, 5.41) is 3.16. The molecule has 124 valence electrons. The van der Waals surface area contributed by atoms with Crippen molar-refractivity contribution in [1.29, 1.82) is 0 Å². The minimum absolute atomic E-state index is 0.159. The van der Waals surface area contributed by atoms with Gasteiger partial charge < -0.3 is 5.32 Å². The Hall–Kier alpha value is -2.28. The molecule has 3 heterocycles. The number of aryl methyl sites for hydroxylation is 2. The largest absolute Gasteiger partial charge is 0.304 e. The number of fused-ring (bicyclic) bond motifs is 1. The van der Waals surface area contributed by atoms with Crippen molar-refractivity contribution in [3.05, 3.63) is 33.8 Å². The van der Waals surface area contributed by atoms with Crippen LogP contribution in [0.2, 0.25) is 0 Å². The number of anilines is 2. The third-order valence-electron chi connectivity index (χ3n) is 4.26. The number of rotatable bonds is 3. The monoisotopic (exact) mass is 342 g/mol. The number of carbonyl (C=O) groups excluding carboxylic acids is 2. The van der Waals surface area contributed by atoms with Crippen molar-refractivity contribution >= 4 is 34.8 Å². The molecule has 2 aromatic heterocycles. The summed E-state index contributed by atoms with van der Waals surface area (Å²) < 4.78 is 0. The van der Waals surface area contributed by atoms with E-state index in [4.69, 9.17) is 0 Å². The van der Waals surface area contributed by atoms with Crippen LogP contribution in [0.1, 0.15) is 39.5 Å². The van der Waals surface area contributed by atoms with Crippen LogP contribution < -0.4 is 10.2 Å². The number of thiazole rings is 1. The van der Waals surface area contributed by atoms with Crippen molar-refractivity contribution in [2.75, 3.05) is 16.8 Å². The van der Waals surface area contributed by atoms with Crippen LogP contribution in [-0.4, -0.2) is 28.3 Å². The maximum Gasteiger partial charge on any atom is 0.285 e. The van der Waals surface area contributed by atoms with Gasteiger partial charge >= 0.3 is 0 Å². The van der Waals surface area contributed by atoms with Gasteiger partial charge in [-0.1, -0.05) is 6.07 Å². The number of nitrogens with zero attached hydrogens (tertiary/aromatic N) is 3. The second-order valence-corrected chi connectivity index (χ2v) is 7.39. The van der Waals surface area contributed by atoms with E-state index in [1.807, 2.05) is 13.0 Å². The molecular weight excluding hydrogens is 324 g/mol. The first-order chi connectivity index (χ1) is 11.6. The van der Waals surface area contributed by atoms with E-state index in [0.717, 1.165) is 36.1 Å². The molecule has 24 heavy (non-hydrogen) atoms. The average Bonchev–Trinajstić information content (AvgIpc) is 3.34. The van der Waals surface area contributed by atoms with Gasteiger partial charge in [0.15, 0.2) is 5.01 Å². The predicted molar refractivity (Wildman–Crippen MR) is 92.4 cm³/mol. The summed E-state index contributed by atoms with van der Waals surface area (Å²) in [6.45, 7) is 2.64. The molecule has 1 saturated carbocycles. The highest BCUT2D eigenvalue weighted by Gasteiger charge is 2.37. The van der Waals surface area contributed by atoms with Gasteiger partial charge in [0.2, 0.25) is 5.91 Å². The Kier molecular flexibility index (Phi) is 3.80. The van der Waals surface area contributed by atoms with Crippen molar-refractivity contribution in [3.63, 3.8) is 0 Å². The van der Waals surface area contributed by atoms with Gasteiger partial charge in [0.25, 0.3) is 5.91 Å². The number of carbonyl (C=O) groups is 2. The number of hydrogen-bond donors (Lipinski definition) is 1. The van der Waals surface area contributed by atoms with Gasteiger partial charge in [0.1, 0.15) is 11.6 Å². The van der Waals surface area contributed by atoms with Crippen molar-refractivity contribution in [2.24, 2.45) is 5.92 Å². The fraction of sp³-hybridized carbons (Fsp3) is 0.412. The van der Waals surface area contributed by atoms with Gasteiger partial charge in [-0.3, -0.25) is 14.5 Å². The summed E-state index contributed by atoms with van der Waals surface area (Å²) in [4.78, 5) is 36.3. The van der Waals surface area contributed by atoms with Crippen molar-refractivity contribution in [1.82, 2.24) is 9.97 Å². The Bertz CT molecular complexity index is 795. The normalized spacial score (nSPS) is 16.6. The van der Waals surface area contributed by atoms with Crippen LogP contribution in [0.15, 0.2) is 18.3 Å². The maximum atomic E-state index is 12.4. The van der Waals surface area contributed by atoms with Crippen LogP contribution in [0.4, 0.5) is 11.6 Å². The van der Waals surface area contributed by atoms with E-state index in [0.29, 0.717) is 23.2 Å². The molecule has 0 unspecified atom stereocenters. The molecule has 0 radical (unpaired) electrons. The Morgan fingerprint density at radius 3 is 2.88 bits per heavy atom. The van der Waals surface area contributed by atoms with E-state index in [-0.39, 0.29) is 17.7 Å². The van der Waals surface area contributed by atoms with Crippen molar-refractivity contribution < 1.29 is 9.59 Å². The first-order valence-corrected chi connectivity index (χ1v) is 8.98. The standard InChI is InChI=1S/C17H18N4O2S/c1-10-4-7-13(18-9-10)19-15(22)16-20-14-12(24-16)3-2-8-21(14)17(23)11-5-6-11/h4,7,9,11H,2-3,5-6,8H2,1H3,(H,18,19,22). The molecule has 4 rings (SSSR count). The first-order valence-electron chi connectivity index (χ1n) is 8.17. The van der Waals surface area contributed by atoms with E-state index in [1.165, 1.54) is 11.3 Å². The van der Waals surface area contributed by atoms with Crippen LogP contribution in [-0.2, 0) is 11.2 Å². The molecule has 1 fully saturated rings. The van der Waals surface area contributed by atoms with E-state index in [9.17, 15) is 9.59 Å². The number of amides is 2. The fourth-order valence-electron chi connectivity index (χ4n) is 2.79. The van der Waals surface area contributed by atoms with E-state index < -0.39 is 0 Å². The first kappa shape index (κ1) is 15.3. The third-order valence-corrected chi connectivity index (χ3v) is 5.36. The molecule has 1 aliphatic carbocycles. The lowest BCUT2D eigenvalue weighted by Crippen LogP contribution is -2.36. The number of hydrogen-bond acceptors (Lipinski definition) is 5. The second kappa shape index (κ2) is 5.98. The summed E-state index contributed by atoms with van der Waals surface area (Å²) in [6, 6.07) is 3.66. The van der Waals surface area contributed by atoms with Crippen molar-refractivity contribution in [3.8, 4) is 0 Å². The molecule has 0 bridgehead atoms. The molecule has 2 aliphatic rings. The molecule has 0 aromatic carbocycles.